The maximum Gasteiger partial charge on any atom is 0.123 e. The number of benzene rings is 1. The third kappa shape index (κ3) is 5.73. The molecule has 17 heavy (non-hydrogen) atoms. The number of nitrogen functional groups attached to an aromatic ring is 1. The molecule has 0 spiro atoms. The summed E-state index contributed by atoms with van der Waals surface area (Å²) in [4.78, 5) is 0. The standard InChI is InChI=1S/C13H22N2OS/c1-3-6-16-13-9-11(14)8-12(10-13)15-5-4-7-17-2/h8-10,15H,3-7,14H2,1-2H3. The molecule has 1 aromatic carbocycles. The van der Waals surface area contributed by atoms with E-state index in [1.54, 1.807) is 0 Å². The smallest absolute Gasteiger partial charge is 0.123 e. The summed E-state index contributed by atoms with van der Waals surface area (Å²) in [6.45, 7) is 3.79. The van der Waals surface area contributed by atoms with E-state index in [0.29, 0.717) is 0 Å². The Morgan fingerprint density at radius 1 is 1.35 bits per heavy atom. The first kappa shape index (κ1) is 14.0. The average molecular weight is 254 g/mol. The Hall–Kier alpha value is -1.03. The molecular formula is C13H22N2OS. The minimum atomic E-state index is 0.732. The normalized spacial score (nSPS) is 10.2. The van der Waals surface area contributed by atoms with Gasteiger partial charge in [-0.15, -0.1) is 0 Å². The van der Waals surface area contributed by atoms with E-state index >= 15 is 0 Å². The lowest BCUT2D eigenvalue weighted by Crippen LogP contribution is -2.04. The fourth-order valence-electron chi connectivity index (χ4n) is 1.48. The summed E-state index contributed by atoms with van der Waals surface area (Å²) in [6.07, 6.45) is 4.28. The van der Waals surface area contributed by atoms with Crippen molar-refractivity contribution in [2.75, 3.05) is 36.2 Å². The van der Waals surface area contributed by atoms with Crippen molar-refractivity contribution >= 4 is 23.1 Å². The second-order valence-corrected chi connectivity index (χ2v) is 4.90. The topological polar surface area (TPSA) is 47.3 Å². The highest BCUT2D eigenvalue weighted by Crippen LogP contribution is 2.22. The monoisotopic (exact) mass is 254 g/mol. The lowest BCUT2D eigenvalue weighted by molar-refractivity contribution is 0.318. The Kier molecular flexibility index (Phi) is 6.70. The summed E-state index contributed by atoms with van der Waals surface area (Å²) < 4.78 is 5.58. The molecule has 3 nitrogen and oxygen atoms in total. The first-order chi connectivity index (χ1) is 8.26. The Labute approximate surface area is 108 Å². The molecule has 1 aromatic rings. The van der Waals surface area contributed by atoms with Gasteiger partial charge in [0.1, 0.15) is 5.75 Å². The van der Waals surface area contributed by atoms with Gasteiger partial charge >= 0.3 is 0 Å². The molecule has 0 aliphatic carbocycles. The average Bonchev–Trinajstić information content (AvgIpc) is 2.31. The van der Waals surface area contributed by atoms with Gasteiger partial charge in [-0.1, -0.05) is 6.92 Å². The molecule has 0 aliphatic rings. The Morgan fingerprint density at radius 3 is 2.88 bits per heavy atom. The third-order valence-corrected chi connectivity index (χ3v) is 2.95. The molecular weight excluding hydrogens is 232 g/mol. The summed E-state index contributed by atoms with van der Waals surface area (Å²) in [5, 5.41) is 3.36. The highest BCUT2D eigenvalue weighted by Gasteiger charge is 1.99. The summed E-state index contributed by atoms with van der Waals surface area (Å²) >= 11 is 1.86. The van der Waals surface area contributed by atoms with Crippen LogP contribution in [-0.2, 0) is 0 Å². The molecule has 0 radical (unpaired) electrons. The van der Waals surface area contributed by atoms with E-state index in [9.17, 15) is 0 Å². The van der Waals surface area contributed by atoms with Gasteiger partial charge in [0.05, 0.1) is 6.61 Å². The number of nitrogens with one attached hydrogen (secondary N) is 1. The Balaban J connectivity index is 2.50. The van der Waals surface area contributed by atoms with Crippen LogP contribution in [0.1, 0.15) is 19.8 Å². The van der Waals surface area contributed by atoms with Crippen LogP contribution in [0, 0.1) is 0 Å². The number of anilines is 2. The zero-order valence-electron chi connectivity index (χ0n) is 10.7. The molecule has 0 fully saturated rings. The summed E-state index contributed by atoms with van der Waals surface area (Å²) in [5.74, 6) is 2.02. The minimum absolute atomic E-state index is 0.732. The van der Waals surface area contributed by atoms with Crippen molar-refractivity contribution in [2.45, 2.75) is 19.8 Å². The van der Waals surface area contributed by atoms with Crippen molar-refractivity contribution < 1.29 is 4.74 Å². The first-order valence-corrected chi connectivity index (χ1v) is 7.41. The van der Waals surface area contributed by atoms with Gasteiger partial charge in [0, 0.05) is 30.1 Å². The van der Waals surface area contributed by atoms with E-state index in [1.807, 2.05) is 30.0 Å². The lowest BCUT2D eigenvalue weighted by Gasteiger charge is -2.10. The Morgan fingerprint density at radius 2 is 2.18 bits per heavy atom. The van der Waals surface area contributed by atoms with Gasteiger partial charge in [0.25, 0.3) is 0 Å². The number of rotatable bonds is 8. The van der Waals surface area contributed by atoms with Crippen LogP contribution >= 0.6 is 11.8 Å². The second-order valence-electron chi connectivity index (χ2n) is 3.91. The predicted octanol–water partition coefficient (Wildman–Crippen LogP) is 3.22. The molecule has 1 rings (SSSR count). The number of nitrogens with two attached hydrogens (primary N) is 1. The maximum absolute atomic E-state index is 5.84. The molecule has 4 heteroatoms. The minimum Gasteiger partial charge on any atom is -0.493 e. The molecule has 0 unspecified atom stereocenters. The fourth-order valence-corrected chi connectivity index (χ4v) is 1.91. The van der Waals surface area contributed by atoms with Crippen molar-refractivity contribution in [2.24, 2.45) is 0 Å². The lowest BCUT2D eigenvalue weighted by atomic mass is 10.2. The van der Waals surface area contributed by atoms with E-state index in [0.717, 1.165) is 43.1 Å². The molecule has 0 heterocycles. The van der Waals surface area contributed by atoms with Crippen LogP contribution < -0.4 is 15.8 Å². The summed E-state index contributed by atoms with van der Waals surface area (Å²) in [5.41, 5.74) is 7.62. The molecule has 0 aromatic heterocycles. The number of thioether (sulfide) groups is 1. The van der Waals surface area contributed by atoms with Crippen LogP contribution in [0.15, 0.2) is 18.2 Å². The zero-order valence-corrected chi connectivity index (χ0v) is 11.5. The Bertz CT molecular complexity index is 331. The molecule has 3 N–H and O–H groups in total. The van der Waals surface area contributed by atoms with Gasteiger partial charge in [0.15, 0.2) is 0 Å². The molecule has 0 saturated carbocycles. The van der Waals surface area contributed by atoms with Crippen molar-refractivity contribution in [3.8, 4) is 5.75 Å². The van der Waals surface area contributed by atoms with Crippen molar-refractivity contribution in [1.29, 1.82) is 0 Å². The van der Waals surface area contributed by atoms with Gasteiger partial charge in [-0.25, -0.2) is 0 Å². The summed E-state index contributed by atoms with van der Waals surface area (Å²) in [7, 11) is 0. The molecule has 0 aliphatic heterocycles. The van der Waals surface area contributed by atoms with Gasteiger partial charge in [-0.2, -0.15) is 11.8 Å². The van der Waals surface area contributed by atoms with Gasteiger partial charge in [-0.05, 0) is 30.9 Å². The predicted molar refractivity (Wildman–Crippen MR) is 78.1 cm³/mol. The summed E-state index contributed by atoms with van der Waals surface area (Å²) in [6, 6.07) is 5.81. The number of hydrogen-bond donors (Lipinski definition) is 2. The molecule has 0 amide bonds. The van der Waals surface area contributed by atoms with Gasteiger partial charge in [-0.3, -0.25) is 0 Å². The highest BCUT2D eigenvalue weighted by atomic mass is 32.2. The molecule has 0 saturated heterocycles. The molecule has 0 bridgehead atoms. The van der Waals surface area contributed by atoms with E-state index in [-0.39, 0.29) is 0 Å². The van der Waals surface area contributed by atoms with Crippen LogP contribution in [0.5, 0.6) is 5.75 Å². The SMILES string of the molecule is CCCOc1cc(N)cc(NCCCSC)c1. The van der Waals surface area contributed by atoms with E-state index < -0.39 is 0 Å². The number of ether oxygens (including phenoxy) is 1. The highest BCUT2D eigenvalue weighted by molar-refractivity contribution is 7.98. The van der Waals surface area contributed by atoms with Gasteiger partial charge < -0.3 is 15.8 Å². The van der Waals surface area contributed by atoms with E-state index in [1.165, 1.54) is 5.75 Å². The largest absolute Gasteiger partial charge is 0.493 e. The van der Waals surface area contributed by atoms with Crippen molar-refractivity contribution in [3.05, 3.63) is 18.2 Å². The van der Waals surface area contributed by atoms with E-state index in [4.69, 9.17) is 10.5 Å². The van der Waals surface area contributed by atoms with Crippen LogP contribution in [-0.4, -0.2) is 25.2 Å². The second kappa shape index (κ2) is 8.12. The van der Waals surface area contributed by atoms with E-state index in [2.05, 4.69) is 18.5 Å². The van der Waals surface area contributed by atoms with Crippen LogP contribution in [0.4, 0.5) is 11.4 Å². The maximum atomic E-state index is 5.84. The van der Waals surface area contributed by atoms with Crippen LogP contribution in [0.3, 0.4) is 0 Å². The first-order valence-electron chi connectivity index (χ1n) is 6.02. The molecule has 0 atom stereocenters. The van der Waals surface area contributed by atoms with Crippen molar-refractivity contribution in [1.82, 2.24) is 0 Å². The van der Waals surface area contributed by atoms with Crippen LogP contribution in [0.25, 0.3) is 0 Å². The van der Waals surface area contributed by atoms with Crippen LogP contribution in [0.2, 0.25) is 0 Å². The third-order valence-electron chi connectivity index (χ3n) is 2.26. The van der Waals surface area contributed by atoms with Gasteiger partial charge in [0.2, 0.25) is 0 Å². The fraction of sp³-hybridized carbons (Fsp3) is 0.538. The molecule has 96 valence electrons. The number of hydrogen-bond acceptors (Lipinski definition) is 4. The van der Waals surface area contributed by atoms with Crippen molar-refractivity contribution in [3.63, 3.8) is 0 Å². The quantitative estimate of drug-likeness (QED) is 0.552. The zero-order chi connectivity index (χ0) is 12.5.